The van der Waals surface area contributed by atoms with Gasteiger partial charge in [0, 0.05) is 96.3 Å². The van der Waals surface area contributed by atoms with Crippen LogP contribution < -0.4 is 16.2 Å². The van der Waals surface area contributed by atoms with Gasteiger partial charge in [-0.05, 0) is 104 Å². The molecule has 0 bridgehead atoms. The number of nitrogens with zero attached hydrogens (tertiary/aromatic N) is 4. The third-order valence-corrected chi connectivity index (χ3v) is 13.4. The number of benzene rings is 4. The summed E-state index contributed by atoms with van der Waals surface area (Å²) in [6.07, 6.45) is 2.15. The SMILES string of the molecule is C.CC(C)(C)C1CNc2ccccc21.CC(C)(C)C1Cc2ccccc2N1.CC(C)(C)c1noc2ccccc12.CC(C)N1CCc2ccccc2C1=O.CC(C)N1CCn2c(cccc2=O)C1. The van der Waals surface area contributed by atoms with Crippen LogP contribution in [0.4, 0.5) is 11.4 Å². The fourth-order valence-electron chi connectivity index (χ4n) is 9.15. The van der Waals surface area contributed by atoms with Gasteiger partial charge in [0.25, 0.3) is 11.5 Å². The Morgan fingerprint density at radius 3 is 1.94 bits per heavy atom. The number of hydrogen-bond donors (Lipinski definition) is 2. The fraction of sp³-hybridized carbons (Fsp3) is 0.475. The Morgan fingerprint density at radius 2 is 1.29 bits per heavy atom. The molecule has 0 saturated carbocycles. The van der Waals surface area contributed by atoms with Crippen LogP contribution in [0.1, 0.15) is 142 Å². The van der Waals surface area contributed by atoms with Gasteiger partial charge in [-0.3, -0.25) is 14.5 Å². The number of amides is 1. The van der Waals surface area contributed by atoms with Crippen LogP contribution in [0.25, 0.3) is 11.0 Å². The second kappa shape index (κ2) is 22.6. The lowest BCUT2D eigenvalue weighted by Gasteiger charge is -2.32. The molecule has 2 unspecified atom stereocenters. The van der Waals surface area contributed by atoms with Crippen LogP contribution >= 0.6 is 0 Å². The summed E-state index contributed by atoms with van der Waals surface area (Å²) in [5, 5.41) is 12.2. The minimum Gasteiger partial charge on any atom is -0.384 e. The van der Waals surface area contributed by atoms with Crippen LogP contribution in [0.2, 0.25) is 0 Å². The maximum Gasteiger partial charge on any atom is 0.254 e. The van der Waals surface area contributed by atoms with Gasteiger partial charge in [0.15, 0.2) is 5.58 Å². The third-order valence-electron chi connectivity index (χ3n) is 13.4. The lowest BCUT2D eigenvalue weighted by atomic mass is 9.78. The zero-order valence-corrected chi connectivity index (χ0v) is 42.7. The Morgan fingerprint density at radius 1 is 0.662 bits per heavy atom. The Hall–Kier alpha value is -5.67. The molecule has 9 nitrogen and oxygen atoms in total. The van der Waals surface area contributed by atoms with E-state index < -0.39 is 0 Å². The molecule has 2 N–H and O–H groups in total. The van der Waals surface area contributed by atoms with Gasteiger partial charge >= 0.3 is 0 Å². The first-order chi connectivity index (χ1) is 31.6. The number of carbonyl (C=O) groups is 1. The highest BCUT2D eigenvalue weighted by atomic mass is 16.5. The number of rotatable bonds is 2. The molecule has 6 heterocycles. The summed E-state index contributed by atoms with van der Waals surface area (Å²) in [4.78, 5) is 27.8. The molecular weight excluding hydrogens is 841 g/mol. The summed E-state index contributed by atoms with van der Waals surface area (Å²) in [7, 11) is 0. The van der Waals surface area contributed by atoms with Crippen molar-refractivity contribution in [3.05, 3.63) is 159 Å². The van der Waals surface area contributed by atoms with Crippen molar-refractivity contribution < 1.29 is 9.32 Å². The maximum absolute atomic E-state index is 12.0. The van der Waals surface area contributed by atoms with Gasteiger partial charge < -0.3 is 24.6 Å². The van der Waals surface area contributed by atoms with Gasteiger partial charge in [-0.2, -0.15) is 0 Å². The molecule has 2 aromatic heterocycles. The van der Waals surface area contributed by atoms with Gasteiger partial charge in [0.1, 0.15) is 0 Å². The zero-order chi connectivity index (χ0) is 48.7. The summed E-state index contributed by atoms with van der Waals surface area (Å²) in [6, 6.07) is 40.0. The average Bonchev–Trinajstić information content (AvgIpc) is 4.05. The van der Waals surface area contributed by atoms with E-state index in [2.05, 4.69) is 159 Å². The van der Waals surface area contributed by atoms with Crippen molar-refractivity contribution in [2.24, 2.45) is 10.8 Å². The molecule has 10 rings (SSSR count). The van der Waals surface area contributed by atoms with Crippen molar-refractivity contribution in [3.8, 4) is 0 Å². The molecule has 6 aromatic rings. The summed E-state index contributed by atoms with van der Waals surface area (Å²) in [5.41, 5.74) is 11.6. The average molecular weight is 923 g/mol. The standard InChI is InChI=1S/C12H15NO.2C12H17N.C11H16N2O.C11H13NO.CH4/c1-9(2)13-8-7-10-5-3-4-6-11(10)12(13)14;1-12(2,3)10-8-13-11-7-5-4-6-9(10)11;1-12(2,3)11-8-9-6-4-5-7-10(9)13-11;1-9(2)12-6-7-13-10(8-12)4-3-5-11(13)14;1-11(2,3)10-8-6-4-5-7-9(8)13-12-10;/h3-6,9H,7-8H2,1-2H3;4-7,10,13H,8H2,1-3H3;4-7,11,13H,8H2,1-3H3;3-5,9H,6-8H2,1-2H3;4-7H,1-3H3;1H4. The highest BCUT2D eigenvalue weighted by molar-refractivity contribution is 5.96. The first kappa shape index (κ1) is 53.3. The van der Waals surface area contributed by atoms with Crippen molar-refractivity contribution in [2.75, 3.05) is 30.3 Å². The third kappa shape index (κ3) is 13.3. The second-order valence-corrected chi connectivity index (χ2v) is 22.2. The number of anilines is 2. The predicted molar refractivity (Wildman–Crippen MR) is 286 cm³/mol. The van der Waals surface area contributed by atoms with Crippen LogP contribution in [0.3, 0.4) is 0 Å². The highest BCUT2D eigenvalue weighted by Crippen LogP contribution is 2.42. The van der Waals surface area contributed by atoms with Crippen molar-refractivity contribution in [1.82, 2.24) is 19.5 Å². The second-order valence-electron chi connectivity index (χ2n) is 22.2. The Bertz CT molecular complexity index is 2600. The lowest BCUT2D eigenvalue weighted by Crippen LogP contribution is -2.41. The molecule has 1 amide bonds. The van der Waals surface area contributed by atoms with Crippen molar-refractivity contribution in [3.63, 3.8) is 0 Å². The van der Waals surface area contributed by atoms with E-state index in [0.29, 0.717) is 34.9 Å². The molecule has 4 aliphatic rings. The summed E-state index contributed by atoms with van der Waals surface area (Å²) >= 11 is 0. The first-order valence-corrected chi connectivity index (χ1v) is 24.5. The normalized spacial score (nSPS) is 17.2. The topological polar surface area (TPSA) is 95.6 Å². The van der Waals surface area contributed by atoms with Crippen molar-refractivity contribution >= 4 is 28.3 Å². The lowest BCUT2D eigenvalue weighted by molar-refractivity contribution is 0.0688. The number of hydrogen-bond acceptors (Lipinski definition) is 7. The summed E-state index contributed by atoms with van der Waals surface area (Å²) < 4.78 is 7.10. The molecular formula is C59H82N6O3. The van der Waals surface area contributed by atoms with Gasteiger partial charge in [0.2, 0.25) is 0 Å². The predicted octanol–water partition coefficient (Wildman–Crippen LogP) is 13.2. The van der Waals surface area contributed by atoms with Crippen LogP contribution in [0, 0.1) is 10.8 Å². The van der Waals surface area contributed by atoms with Gasteiger partial charge in [-0.1, -0.05) is 148 Å². The first-order valence-electron chi connectivity index (χ1n) is 24.5. The molecule has 0 saturated heterocycles. The maximum atomic E-state index is 12.0. The smallest absolute Gasteiger partial charge is 0.254 e. The quantitative estimate of drug-likeness (QED) is 0.179. The van der Waals surface area contributed by atoms with E-state index in [1.54, 1.807) is 6.07 Å². The molecule has 0 fully saturated rings. The molecule has 4 aromatic carbocycles. The van der Waals surface area contributed by atoms with Crippen molar-refractivity contribution in [1.29, 1.82) is 0 Å². The Kier molecular flexibility index (Phi) is 17.7. The molecule has 2 atom stereocenters. The Labute approximate surface area is 408 Å². The number of carbonyl (C=O) groups excluding carboxylic acids is 1. The van der Waals surface area contributed by atoms with E-state index in [1.165, 1.54) is 34.5 Å². The molecule has 0 spiro atoms. The molecule has 366 valence electrons. The minimum absolute atomic E-state index is 0. The molecule has 0 aliphatic carbocycles. The van der Waals surface area contributed by atoms with E-state index in [1.807, 2.05) is 70.1 Å². The van der Waals surface area contributed by atoms with Crippen LogP contribution in [-0.2, 0) is 31.3 Å². The number of fused-ring (bicyclic) bond motifs is 5. The van der Waals surface area contributed by atoms with E-state index in [0.717, 1.165) is 67.1 Å². The number of aromatic nitrogens is 2. The van der Waals surface area contributed by atoms with E-state index >= 15 is 0 Å². The van der Waals surface area contributed by atoms with E-state index in [9.17, 15) is 9.59 Å². The Balaban J connectivity index is 0.000000158. The van der Waals surface area contributed by atoms with Gasteiger partial charge in [0.05, 0.1) is 5.69 Å². The number of nitrogens with one attached hydrogen (secondary N) is 2. The number of pyridine rings is 1. The molecule has 0 radical (unpaired) electrons. The number of para-hydroxylation sites is 3. The summed E-state index contributed by atoms with van der Waals surface area (Å²) in [5.74, 6) is 0.838. The van der Waals surface area contributed by atoms with Crippen molar-refractivity contribution in [2.45, 2.75) is 153 Å². The summed E-state index contributed by atoms with van der Waals surface area (Å²) in [6.45, 7) is 33.3. The van der Waals surface area contributed by atoms with Crippen LogP contribution in [0.5, 0.6) is 0 Å². The highest BCUT2D eigenvalue weighted by Gasteiger charge is 2.32. The molecule has 9 heteroatoms. The zero-order valence-electron chi connectivity index (χ0n) is 42.7. The monoisotopic (exact) mass is 923 g/mol. The van der Waals surface area contributed by atoms with Gasteiger partial charge in [-0.25, -0.2) is 0 Å². The fourth-order valence-corrected chi connectivity index (χ4v) is 9.15. The van der Waals surface area contributed by atoms with Crippen LogP contribution in [0.15, 0.2) is 125 Å². The van der Waals surface area contributed by atoms with E-state index in [-0.39, 0.29) is 24.3 Å². The van der Waals surface area contributed by atoms with E-state index in [4.69, 9.17) is 4.52 Å². The molecule has 68 heavy (non-hydrogen) atoms. The minimum atomic E-state index is 0. The largest absolute Gasteiger partial charge is 0.384 e. The van der Waals surface area contributed by atoms with Crippen LogP contribution in [-0.4, -0.2) is 63.2 Å². The molecule has 4 aliphatic heterocycles. The van der Waals surface area contributed by atoms with Gasteiger partial charge in [-0.15, -0.1) is 0 Å².